The molecule has 0 amide bonds. The van der Waals surface area contributed by atoms with E-state index in [-0.39, 0.29) is 0 Å². The minimum Gasteiger partial charge on any atom is -0.399 e. The molecule has 0 bridgehead atoms. The van der Waals surface area contributed by atoms with Crippen LogP contribution < -0.4 is 5.19 Å². The third-order valence-electron chi connectivity index (χ3n) is 4.02. The van der Waals surface area contributed by atoms with Gasteiger partial charge in [-0.3, -0.25) is 0 Å². The van der Waals surface area contributed by atoms with E-state index in [1.165, 1.54) is 30.9 Å². The van der Waals surface area contributed by atoms with Crippen molar-refractivity contribution in [3.63, 3.8) is 0 Å². The molecule has 0 aromatic heterocycles. The number of aliphatic hydroxyl groups excluding tert-OH is 1. The Morgan fingerprint density at radius 1 is 1.25 bits per heavy atom. The normalized spacial score (nSPS) is 20.6. The molecule has 1 fully saturated rings. The van der Waals surface area contributed by atoms with Crippen molar-refractivity contribution in [1.82, 2.24) is 0 Å². The summed E-state index contributed by atoms with van der Waals surface area (Å²) >= 11 is 0. The molecule has 0 spiro atoms. The maximum Gasteiger partial charge on any atom is 0.139 e. The van der Waals surface area contributed by atoms with Crippen LogP contribution in [0.5, 0.6) is 0 Å². The lowest BCUT2D eigenvalue weighted by Gasteiger charge is -2.32. The van der Waals surface area contributed by atoms with Crippen molar-refractivity contribution in [2.45, 2.75) is 31.2 Å². The highest BCUT2D eigenvalue weighted by molar-refractivity contribution is 6.97. The summed E-state index contributed by atoms with van der Waals surface area (Å²) in [5.74, 6) is 0. The molecule has 0 heterocycles. The van der Waals surface area contributed by atoms with Crippen molar-refractivity contribution >= 4 is 13.3 Å². The van der Waals surface area contributed by atoms with Gasteiger partial charge >= 0.3 is 0 Å². The fourth-order valence-electron chi connectivity index (χ4n) is 2.99. The maximum absolute atomic E-state index is 9.88. The molecule has 1 aliphatic carbocycles. The minimum atomic E-state index is -1.87. The summed E-state index contributed by atoms with van der Waals surface area (Å²) in [6, 6.07) is 10.5. The molecule has 0 aliphatic heterocycles. The summed E-state index contributed by atoms with van der Waals surface area (Å²) in [5, 5.41) is 11.2. The van der Waals surface area contributed by atoms with Gasteiger partial charge < -0.3 is 5.11 Å². The molecule has 1 aromatic rings. The van der Waals surface area contributed by atoms with Crippen LogP contribution in [0.25, 0.3) is 0 Å². The topological polar surface area (TPSA) is 20.2 Å². The molecule has 1 aromatic carbocycles. The Morgan fingerprint density at radius 3 is 2.38 bits per heavy atom. The Kier molecular flexibility index (Phi) is 3.61. The molecule has 1 N–H and O–H groups in total. The van der Waals surface area contributed by atoms with Crippen LogP contribution in [0, 0.1) is 0 Å². The fourth-order valence-corrected chi connectivity index (χ4v) is 6.86. The van der Waals surface area contributed by atoms with E-state index in [0.29, 0.717) is 11.8 Å². The van der Waals surface area contributed by atoms with Gasteiger partial charge in [-0.25, -0.2) is 0 Å². The van der Waals surface area contributed by atoms with E-state index in [2.05, 4.69) is 36.5 Å². The van der Waals surface area contributed by atoms with E-state index in [4.69, 9.17) is 0 Å². The van der Waals surface area contributed by atoms with Gasteiger partial charge in [-0.2, -0.15) is 0 Å². The molecule has 2 heteroatoms. The van der Waals surface area contributed by atoms with Crippen LogP contribution in [0.2, 0.25) is 5.54 Å². The summed E-state index contributed by atoms with van der Waals surface area (Å²) < 4.78 is 0. The summed E-state index contributed by atoms with van der Waals surface area (Å²) in [5.41, 5.74) is 2.79. The van der Waals surface area contributed by atoms with E-state index < -0.39 is 8.07 Å². The van der Waals surface area contributed by atoms with E-state index >= 15 is 0 Å². The Hall–Kier alpha value is -0.863. The third-order valence-corrected chi connectivity index (χ3v) is 8.72. The Balaban J connectivity index is 2.38. The van der Waals surface area contributed by atoms with Gasteiger partial charge in [0.15, 0.2) is 0 Å². The van der Waals surface area contributed by atoms with Crippen molar-refractivity contribution in [1.29, 1.82) is 0 Å². The zero-order valence-electron chi connectivity index (χ0n) is 9.73. The maximum atomic E-state index is 9.88. The van der Waals surface area contributed by atoms with Gasteiger partial charge in [0.05, 0.1) is 0 Å². The van der Waals surface area contributed by atoms with Crippen LogP contribution in [0.15, 0.2) is 42.6 Å². The van der Waals surface area contributed by atoms with Crippen molar-refractivity contribution in [3.05, 3.63) is 42.6 Å². The summed E-state index contributed by atoms with van der Waals surface area (Å²) in [7, 11) is -1.87. The molecule has 86 valence electrons. The highest BCUT2D eigenvalue weighted by Crippen LogP contribution is 2.38. The minimum absolute atomic E-state index is 0.311. The van der Waals surface area contributed by atoms with E-state index in [0.717, 1.165) is 0 Å². The number of hydrogen-bond donors (Lipinski definition) is 1. The first-order chi connectivity index (χ1) is 7.83. The van der Waals surface area contributed by atoms with Gasteiger partial charge in [0.2, 0.25) is 0 Å². The van der Waals surface area contributed by atoms with Crippen LogP contribution in [-0.2, 0) is 0 Å². The van der Waals surface area contributed by atoms with Gasteiger partial charge in [-0.1, -0.05) is 66.9 Å². The van der Waals surface area contributed by atoms with Crippen LogP contribution in [0.3, 0.4) is 0 Å². The second-order valence-corrected chi connectivity index (χ2v) is 8.95. The lowest BCUT2D eigenvalue weighted by atomic mass is 10.4. The first-order valence-electron chi connectivity index (χ1n) is 6.13. The summed E-state index contributed by atoms with van der Waals surface area (Å²) in [6.07, 6.45) is 5.49. The standard InChI is InChI=1S/C14H20OSi/c1-2-16(12-15,14-10-6-7-11-14)13-8-4-3-5-9-13/h2-5,8-9,14-15H,1,6-7,10-12H2/t16-/m0/s1. The van der Waals surface area contributed by atoms with Crippen molar-refractivity contribution in [2.75, 3.05) is 6.23 Å². The number of aliphatic hydroxyl groups is 1. The van der Waals surface area contributed by atoms with Crippen molar-refractivity contribution in [3.8, 4) is 0 Å². The lowest BCUT2D eigenvalue weighted by molar-refractivity contribution is 0.357. The number of benzene rings is 1. The van der Waals surface area contributed by atoms with Crippen molar-refractivity contribution in [2.24, 2.45) is 0 Å². The van der Waals surface area contributed by atoms with Gasteiger partial charge in [-0.15, -0.1) is 6.58 Å². The number of rotatable bonds is 4. The zero-order valence-corrected chi connectivity index (χ0v) is 10.7. The molecule has 0 saturated heterocycles. The smallest absolute Gasteiger partial charge is 0.139 e. The van der Waals surface area contributed by atoms with Gasteiger partial charge in [0.25, 0.3) is 0 Å². The average molecular weight is 232 g/mol. The number of hydrogen-bond acceptors (Lipinski definition) is 1. The first kappa shape index (κ1) is 11.6. The summed E-state index contributed by atoms with van der Waals surface area (Å²) in [4.78, 5) is 0. The average Bonchev–Trinajstić information content (AvgIpc) is 2.87. The van der Waals surface area contributed by atoms with Crippen LogP contribution in [-0.4, -0.2) is 19.4 Å². The Labute approximate surface area is 98.8 Å². The van der Waals surface area contributed by atoms with E-state index in [9.17, 15) is 5.11 Å². The van der Waals surface area contributed by atoms with Crippen LogP contribution >= 0.6 is 0 Å². The molecular weight excluding hydrogens is 212 g/mol. The molecule has 1 saturated carbocycles. The molecule has 0 radical (unpaired) electrons. The fraction of sp³-hybridized carbons (Fsp3) is 0.429. The highest BCUT2D eigenvalue weighted by Gasteiger charge is 2.40. The third kappa shape index (κ3) is 1.87. The monoisotopic (exact) mass is 232 g/mol. The van der Waals surface area contributed by atoms with Gasteiger partial charge in [-0.05, 0) is 5.54 Å². The van der Waals surface area contributed by atoms with Crippen LogP contribution in [0.4, 0.5) is 0 Å². The molecule has 2 rings (SSSR count). The molecule has 16 heavy (non-hydrogen) atoms. The van der Waals surface area contributed by atoms with Gasteiger partial charge in [0, 0.05) is 6.23 Å². The molecule has 1 atom stereocenters. The predicted octanol–water partition coefficient (Wildman–Crippen LogP) is 2.54. The predicted molar refractivity (Wildman–Crippen MR) is 71.3 cm³/mol. The van der Waals surface area contributed by atoms with E-state index in [1.54, 1.807) is 0 Å². The quantitative estimate of drug-likeness (QED) is 0.791. The van der Waals surface area contributed by atoms with Crippen LogP contribution in [0.1, 0.15) is 25.7 Å². The highest BCUT2D eigenvalue weighted by atomic mass is 28.3. The molecular formula is C14H20OSi. The second kappa shape index (κ2) is 4.98. The van der Waals surface area contributed by atoms with E-state index in [1.807, 2.05) is 6.07 Å². The Bertz CT molecular complexity index is 343. The van der Waals surface area contributed by atoms with Gasteiger partial charge in [0.1, 0.15) is 8.07 Å². The molecule has 0 unspecified atom stereocenters. The Morgan fingerprint density at radius 2 is 1.88 bits per heavy atom. The molecule has 1 nitrogen and oxygen atoms in total. The molecule has 1 aliphatic rings. The largest absolute Gasteiger partial charge is 0.399 e. The second-order valence-electron chi connectivity index (χ2n) is 4.75. The summed E-state index contributed by atoms with van der Waals surface area (Å²) in [6.45, 7) is 4.03. The SMILES string of the molecule is C=C[Si@](CO)(c1ccccc1)C1CCCC1. The zero-order chi connectivity index (χ0) is 11.4. The van der Waals surface area contributed by atoms with Crippen molar-refractivity contribution < 1.29 is 5.11 Å². The lowest BCUT2D eigenvalue weighted by Crippen LogP contribution is -2.53. The first-order valence-corrected chi connectivity index (χ1v) is 8.49.